The van der Waals surface area contributed by atoms with Crippen molar-refractivity contribution in [3.05, 3.63) is 18.2 Å². The molecule has 2 rings (SSSR count). The summed E-state index contributed by atoms with van der Waals surface area (Å²) in [6.45, 7) is 0.768. The molecule has 1 aromatic carbocycles. The van der Waals surface area contributed by atoms with E-state index < -0.39 is 0 Å². The van der Waals surface area contributed by atoms with E-state index in [1.807, 2.05) is 0 Å². The molecule has 8 heteroatoms. The van der Waals surface area contributed by atoms with Crippen LogP contribution in [-0.4, -0.2) is 45.2 Å². The number of amides is 2. The van der Waals surface area contributed by atoms with E-state index in [0.29, 0.717) is 17.2 Å². The molecule has 0 aromatic heterocycles. The molecule has 0 bridgehead atoms. The predicted molar refractivity (Wildman–Crippen MR) is 94.1 cm³/mol. The Bertz CT molecular complexity index is 540. The first-order chi connectivity index (χ1) is 11.1. The fourth-order valence-electron chi connectivity index (χ4n) is 2.45. The average molecular weight is 358 g/mol. The predicted octanol–water partition coefficient (Wildman–Crippen LogP) is 1.32. The number of anilines is 1. The van der Waals surface area contributed by atoms with Crippen LogP contribution in [0.4, 0.5) is 5.69 Å². The second kappa shape index (κ2) is 10.00. The van der Waals surface area contributed by atoms with Crippen molar-refractivity contribution in [2.75, 3.05) is 32.6 Å². The van der Waals surface area contributed by atoms with E-state index in [1.165, 1.54) is 14.2 Å². The Hall–Kier alpha value is -1.99. The van der Waals surface area contributed by atoms with E-state index in [-0.39, 0.29) is 36.8 Å². The molecule has 2 amide bonds. The molecule has 3 N–H and O–H groups in total. The molecule has 1 saturated heterocycles. The van der Waals surface area contributed by atoms with Gasteiger partial charge in [0, 0.05) is 23.9 Å². The molecule has 7 nitrogen and oxygen atoms in total. The SMILES string of the molecule is COc1cc(NC(=O)CNC(=O)C2CCCCN2)cc(OC)c1.Cl. The standard InChI is InChI=1S/C16H23N3O4.ClH/c1-22-12-7-11(8-13(9-12)23-2)19-15(20)10-18-16(21)14-5-3-4-6-17-14;/h7-9,14,17H,3-6,10H2,1-2H3,(H,18,21)(H,19,20);1H. The third-order valence-corrected chi connectivity index (χ3v) is 3.69. The molecule has 0 spiro atoms. The maximum atomic E-state index is 12.0. The third-order valence-electron chi connectivity index (χ3n) is 3.69. The van der Waals surface area contributed by atoms with Crippen LogP contribution in [0.3, 0.4) is 0 Å². The Balaban J connectivity index is 0.00000288. The zero-order valence-electron chi connectivity index (χ0n) is 13.9. The van der Waals surface area contributed by atoms with E-state index >= 15 is 0 Å². The number of hydrogen-bond acceptors (Lipinski definition) is 5. The van der Waals surface area contributed by atoms with Gasteiger partial charge in [-0.3, -0.25) is 9.59 Å². The molecular formula is C16H24ClN3O4. The van der Waals surface area contributed by atoms with Crippen molar-refractivity contribution < 1.29 is 19.1 Å². The number of benzene rings is 1. The molecule has 1 atom stereocenters. The van der Waals surface area contributed by atoms with Gasteiger partial charge in [0.15, 0.2) is 0 Å². The van der Waals surface area contributed by atoms with Crippen LogP contribution in [-0.2, 0) is 9.59 Å². The first kappa shape index (κ1) is 20.1. The summed E-state index contributed by atoms with van der Waals surface area (Å²) in [5, 5.41) is 8.51. The number of carbonyl (C=O) groups is 2. The van der Waals surface area contributed by atoms with Crippen LogP contribution in [0.25, 0.3) is 0 Å². The fraction of sp³-hybridized carbons (Fsp3) is 0.500. The zero-order chi connectivity index (χ0) is 16.7. The minimum absolute atomic E-state index is 0. The van der Waals surface area contributed by atoms with Gasteiger partial charge < -0.3 is 25.4 Å². The number of carbonyl (C=O) groups excluding carboxylic acids is 2. The number of piperidine rings is 1. The second-order valence-corrected chi connectivity index (χ2v) is 5.37. The first-order valence-corrected chi connectivity index (χ1v) is 7.66. The molecule has 1 unspecified atom stereocenters. The normalized spacial score (nSPS) is 16.5. The van der Waals surface area contributed by atoms with Gasteiger partial charge in [-0.2, -0.15) is 0 Å². The van der Waals surface area contributed by atoms with Crippen molar-refractivity contribution in [2.45, 2.75) is 25.3 Å². The van der Waals surface area contributed by atoms with Gasteiger partial charge in [-0.15, -0.1) is 12.4 Å². The van der Waals surface area contributed by atoms with Gasteiger partial charge in [0.2, 0.25) is 11.8 Å². The summed E-state index contributed by atoms with van der Waals surface area (Å²) in [7, 11) is 3.08. The van der Waals surface area contributed by atoms with Gasteiger partial charge in [0.05, 0.1) is 26.8 Å². The highest BCUT2D eigenvalue weighted by Crippen LogP contribution is 2.25. The fourth-order valence-corrected chi connectivity index (χ4v) is 2.45. The highest BCUT2D eigenvalue weighted by Gasteiger charge is 2.20. The molecule has 1 fully saturated rings. The summed E-state index contributed by atoms with van der Waals surface area (Å²) in [6, 6.07) is 4.88. The lowest BCUT2D eigenvalue weighted by Crippen LogP contribution is -2.48. The molecular weight excluding hydrogens is 334 g/mol. The van der Waals surface area contributed by atoms with Crippen molar-refractivity contribution >= 4 is 29.9 Å². The Morgan fingerprint density at radius 2 is 1.83 bits per heavy atom. The first-order valence-electron chi connectivity index (χ1n) is 7.66. The summed E-state index contributed by atoms with van der Waals surface area (Å²) in [6.07, 6.45) is 2.92. The molecule has 1 aromatic rings. The van der Waals surface area contributed by atoms with Crippen molar-refractivity contribution in [1.82, 2.24) is 10.6 Å². The number of rotatable bonds is 6. The molecule has 0 saturated carbocycles. The quantitative estimate of drug-likeness (QED) is 0.714. The monoisotopic (exact) mass is 357 g/mol. The van der Waals surface area contributed by atoms with Crippen LogP contribution in [0.1, 0.15) is 19.3 Å². The van der Waals surface area contributed by atoms with Gasteiger partial charge in [-0.25, -0.2) is 0 Å². The summed E-state index contributed by atoms with van der Waals surface area (Å²) < 4.78 is 10.3. The molecule has 0 radical (unpaired) electrons. The minimum Gasteiger partial charge on any atom is -0.497 e. The highest BCUT2D eigenvalue weighted by molar-refractivity contribution is 5.95. The number of nitrogens with one attached hydrogen (secondary N) is 3. The van der Waals surface area contributed by atoms with Crippen molar-refractivity contribution in [2.24, 2.45) is 0 Å². The highest BCUT2D eigenvalue weighted by atomic mass is 35.5. The lowest BCUT2D eigenvalue weighted by atomic mass is 10.0. The summed E-state index contributed by atoms with van der Waals surface area (Å²) in [5.41, 5.74) is 0.552. The molecule has 0 aliphatic carbocycles. The van der Waals surface area contributed by atoms with E-state index in [9.17, 15) is 9.59 Å². The van der Waals surface area contributed by atoms with Crippen LogP contribution in [0.15, 0.2) is 18.2 Å². The number of hydrogen-bond donors (Lipinski definition) is 3. The lowest BCUT2D eigenvalue weighted by molar-refractivity contribution is -0.126. The lowest BCUT2D eigenvalue weighted by Gasteiger charge is -2.22. The largest absolute Gasteiger partial charge is 0.497 e. The van der Waals surface area contributed by atoms with Crippen molar-refractivity contribution in [1.29, 1.82) is 0 Å². The van der Waals surface area contributed by atoms with E-state index in [4.69, 9.17) is 9.47 Å². The second-order valence-electron chi connectivity index (χ2n) is 5.37. The van der Waals surface area contributed by atoms with E-state index in [1.54, 1.807) is 18.2 Å². The summed E-state index contributed by atoms with van der Waals surface area (Å²) >= 11 is 0. The number of methoxy groups -OCH3 is 2. The molecule has 134 valence electrons. The smallest absolute Gasteiger partial charge is 0.243 e. The zero-order valence-corrected chi connectivity index (χ0v) is 14.7. The van der Waals surface area contributed by atoms with Gasteiger partial charge in [0.1, 0.15) is 11.5 Å². The summed E-state index contributed by atoms with van der Waals surface area (Å²) in [5.74, 6) is 0.720. The van der Waals surface area contributed by atoms with Crippen LogP contribution >= 0.6 is 12.4 Å². The summed E-state index contributed by atoms with van der Waals surface area (Å²) in [4.78, 5) is 23.9. The van der Waals surface area contributed by atoms with Gasteiger partial charge in [0.25, 0.3) is 0 Å². The molecule has 24 heavy (non-hydrogen) atoms. The Morgan fingerprint density at radius 3 is 2.38 bits per heavy atom. The molecule has 1 aliphatic rings. The number of halogens is 1. The van der Waals surface area contributed by atoms with Crippen LogP contribution in [0, 0.1) is 0 Å². The van der Waals surface area contributed by atoms with Crippen LogP contribution in [0.2, 0.25) is 0 Å². The van der Waals surface area contributed by atoms with Crippen molar-refractivity contribution in [3.8, 4) is 11.5 Å². The van der Waals surface area contributed by atoms with Crippen LogP contribution in [0.5, 0.6) is 11.5 Å². The van der Waals surface area contributed by atoms with Gasteiger partial charge >= 0.3 is 0 Å². The number of ether oxygens (including phenoxy) is 2. The minimum atomic E-state index is -0.301. The Kier molecular flexibility index (Phi) is 8.35. The van der Waals surface area contributed by atoms with E-state index in [0.717, 1.165) is 25.8 Å². The molecule has 1 heterocycles. The van der Waals surface area contributed by atoms with Gasteiger partial charge in [-0.05, 0) is 19.4 Å². The Labute approximate surface area is 147 Å². The maximum absolute atomic E-state index is 12.0. The third kappa shape index (κ3) is 5.90. The van der Waals surface area contributed by atoms with Crippen molar-refractivity contribution in [3.63, 3.8) is 0 Å². The molecule has 1 aliphatic heterocycles. The van der Waals surface area contributed by atoms with E-state index in [2.05, 4.69) is 16.0 Å². The van der Waals surface area contributed by atoms with Crippen LogP contribution < -0.4 is 25.4 Å². The average Bonchev–Trinajstić information content (AvgIpc) is 2.60. The van der Waals surface area contributed by atoms with Gasteiger partial charge in [-0.1, -0.05) is 6.42 Å². The Morgan fingerprint density at radius 1 is 1.17 bits per heavy atom. The topological polar surface area (TPSA) is 88.7 Å². The maximum Gasteiger partial charge on any atom is 0.243 e.